The largest absolute Gasteiger partial charge is 0.497 e. The molecule has 1 atom stereocenters. The first-order valence-electron chi connectivity index (χ1n) is 9.37. The van der Waals surface area contributed by atoms with Gasteiger partial charge in [0.2, 0.25) is 0 Å². The van der Waals surface area contributed by atoms with Gasteiger partial charge in [0.25, 0.3) is 11.5 Å². The number of rotatable bonds is 8. The van der Waals surface area contributed by atoms with Gasteiger partial charge >= 0.3 is 0 Å². The second kappa shape index (κ2) is 9.69. The van der Waals surface area contributed by atoms with Crippen LogP contribution in [-0.2, 0) is 11.3 Å². The smallest absolute Gasteiger partial charge is 0.260 e. The normalized spacial score (nSPS) is 11.6. The third-order valence-corrected chi connectivity index (χ3v) is 4.41. The van der Waals surface area contributed by atoms with Crippen LogP contribution in [0.3, 0.4) is 0 Å². The van der Waals surface area contributed by atoms with Gasteiger partial charge in [0.05, 0.1) is 19.1 Å². The lowest BCUT2D eigenvalue weighted by atomic mass is 10.1. The molecule has 1 unspecified atom stereocenters. The highest BCUT2D eigenvalue weighted by Crippen LogP contribution is 2.19. The third-order valence-electron chi connectivity index (χ3n) is 4.41. The van der Waals surface area contributed by atoms with Gasteiger partial charge in [0, 0.05) is 24.7 Å². The Morgan fingerprint density at radius 1 is 1.13 bits per heavy atom. The van der Waals surface area contributed by atoms with Crippen LogP contribution in [0.2, 0.25) is 0 Å². The van der Waals surface area contributed by atoms with E-state index in [1.54, 1.807) is 26.2 Å². The predicted molar refractivity (Wildman–Crippen MR) is 110 cm³/mol. The van der Waals surface area contributed by atoms with Gasteiger partial charge in [-0.1, -0.05) is 0 Å². The predicted octanol–water partition coefficient (Wildman–Crippen LogP) is 2.64. The Hall–Kier alpha value is -3.68. The van der Waals surface area contributed by atoms with Crippen LogP contribution in [0.5, 0.6) is 11.5 Å². The van der Waals surface area contributed by atoms with Crippen LogP contribution in [0.1, 0.15) is 6.92 Å². The van der Waals surface area contributed by atoms with Gasteiger partial charge in [-0.15, -0.1) is 0 Å². The molecule has 156 valence electrons. The summed E-state index contributed by atoms with van der Waals surface area (Å²) in [5, 5.41) is 2.71. The molecule has 1 heterocycles. The minimum absolute atomic E-state index is 0.222. The highest BCUT2D eigenvalue weighted by Gasteiger charge is 2.14. The molecule has 8 heteroatoms. The Morgan fingerprint density at radius 3 is 2.43 bits per heavy atom. The van der Waals surface area contributed by atoms with Crippen molar-refractivity contribution in [2.24, 2.45) is 0 Å². The molecule has 0 radical (unpaired) electrons. The highest BCUT2D eigenvalue weighted by atomic mass is 19.1. The van der Waals surface area contributed by atoms with Crippen LogP contribution in [0.25, 0.3) is 11.3 Å². The molecular weight excluding hydrogens is 389 g/mol. The number of nitrogens with one attached hydrogen (secondary N) is 1. The molecule has 0 aliphatic carbocycles. The Labute approximate surface area is 173 Å². The summed E-state index contributed by atoms with van der Waals surface area (Å²) in [6.45, 7) is 2.10. The van der Waals surface area contributed by atoms with E-state index in [0.29, 0.717) is 11.4 Å². The minimum atomic E-state index is -0.761. The number of ether oxygens (including phenoxy) is 2. The van der Waals surface area contributed by atoms with Crippen molar-refractivity contribution in [1.82, 2.24) is 14.9 Å². The second-order valence-electron chi connectivity index (χ2n) is 6.54. The molecule has 1 aromatic heterocycles. The van der Waals surface area contributed by atoms with Gasteiger partial charge in [-0.25, -0.2) is 9.37 Å². The number of hydrogen-bond donors (Lipinski definition) is 1. The summed E-state index contributed by atoms with van der Waals surface area (Å²) >= 11 is 0. The Kier molecular flexibility index (Phi) is 6.79. The van der Waals surface area contributed by atoms with Gasteiger partial charge < -0.3 is 14.8 Å². The summed E-state index contributed by atoms with van der Waals surface area (Å²) in [7, 11) is 1.59. The molecule has 3 rings (SSSR count). The van der Waals surface area contributed by atoms with Crippen molar-refractivity contribution in [2.75, 3.05) is 13.7 Å². The summed E-state index contributed by atoms with van der Waals surface area (Å²) in [5.41, 5.74) is 1.14. The van der Waals surface area contributed by atoms with Gasteiger partial charge in [-0.2, -0.15) is 0 Å². The molecule has 1 amide bonds. The molecule has 0 aliphatic heterocycles. The Bertz CT molecular complexity index is 1050. The lowest BCUT2D eigenvalue weighted by Crippen LogP contribution is -2.38. The van der Waals surface area contributed by atoms with E-state index in [1.165, 1.54) is 41.2 Å². The van der Waals surface area contributed by atoms with Crippen molar-refractivity contribution < 1.29 is 18.7 Å². The lowest BCUT2D eigenvalue weighted by molar-refractivity contribution is -0.127. The fourth-order valence-corrected chi connectivity index (χ4v) is 2.73. The quantitative estimate of drug-likeness (QED) is 0.616. The topological polar surface area (TPSA) is 82.5 Å². The molecule has 1 N–H and O–H groups in total. The van der Waals surface area contributed by atoms with Crippen molar-refractivity contribution in [3.05, 3.63) is 77.1 Å². The maximum atomic E-state index is 12.9. The fourth-order valence-electron chi connectivity index (χ4n) is 2.73. The zero-order valence-corrected chi connectivity index (χ0v) is 16.7. The zero-order chi connectivity index (χ0) is 21.5. The first-order chi connectivity index (χ1) is 14.5. The lowest BCUT2D eigenvalue weighted by Gasteiger charge is -2.15. The monoisotopic (exact) mass is 411 g/mol. The van der Waals surface area contributed by atoms with Crippen LogP contribution >= 0.6 is 0 Å². The van der Waals surface area contributed by atoms with Gasteiger partial charge in [0.15, 0.2) is 6.10 Å². The molecule has 3 aromatic rings. The molecule has 0 spiro atoms. The number of aromatic nitrogens is 2. The van der Waals surface area contributed by atoms with Crippen LogP contribution in [0, 0.1) is 5.82 Å². The van der Waals surface area contributed by atoms with Crippen LogP contribution in [-0.4, -0.2) is 35.2 Å². The minimum Gasteiger partial charge on any atom is -0.497 e. The molecule has 0 saturated heterocycles. The van der Waals surface area contributed by atoms with Crippen LogP contribution in [0.15, 0.2) is 65.7 Å². The summed E-state index contributed by atoms with van der Waals surface area (Å²) in [5.74, 6) is 0.403. The highest BCUT2D eigenvalue weighted by molar-refractivity contribution is 5.80. The maximum absolute atomic E-state index is 12.9. The van der Waals surface area contributed by atoms with E-state index < -0.39 is 6.10 Å². The first kappa shape index (κ1) is 21.0. The van der Waals surface area contributed by atoms with E-state index in [9.17, 15) is 14.0 Å². The molecule has 2 aromatic carbocycles. The summed E-state index contributed by atoms with van der Waals surface area (Å²) < 4.78 is 24.9. The van der Waals surface area contributed by atoms with Crippen molar-refractivity contribution in [2.45, 2.75) is 19.6 Å². The second-order valence-corrected chi connectivity index (χ2v) is 6.54. The van der Waals surface area contributed by atoms with Crippen LogP contribution < -0.4 is 20.3 Å². The molecule has 7 nitrogen and oxygen atoms in total. The molecule has 0 bridgehead atoms. The third kappa shape index (κ3) is 5.44. The summed E-state index contributed by atoms with van der Waals surface area (Å²) in [6, 6.07) is 14.1. The van der Waals surface area contributed by atoms with Gasteiger partial charge in [-0.05, 0) is 55.5 Å². The molecule has 30 heavy (non-hydrogen) atoms. The fraction of sp³-hybridized carbons (Fsp3) is 0.227. The Balaban J connectivity index is 1.53. The molecule has 0 aliphatic rings. The molecular formula is C22H22FN3O4. The van der Waals surface area contributed by atoms with E-state index in [2.05, 4.69) is 10.3 Å². The first-order valence-corrected chi connectivity index (χ1v) is 9.37. The number of carbonyl (C=O) groups is 1. The summed E-state index contributed by atoms with van der Waals surface area (Å²) in [4.78, 5) is 28.8. The van der Waals surface area contributed by atoms with Crippen LogP contribution in [0.4, 0.5) is 4.39 Å². The number of amides is 1. The van der Waals surface area contributed by atoms with Gasteiger partial charge in [0.1, 0.15) is 17.3 Å². The number of carbonyl (C=O) groups excluding carboxylic acids is 1. The van der Waals surface area contributed by atoms with Crippen molar-refractivity contribution in [3.63, 3.8) is 0 Å². The van der Waals surface area contributed by atoms with E-state index >= 15 is 0 Å². The van der Waals surface area contributed by atoms with Gasteiger partial charge in [-0.3, -0.25) is 14.2 Å². The van der Waals surface area contributed by atoms with Crippen molar-refractivity contribution in [3.8, 4) is 22.8 Å². The van der Waals surface area contributed by atoms with E-state index in [-0.39, 0.29) is 30.4 Å². The maximum Gasteiger partial charge on any atom is 0.260 e. The van der Waals surface area contributed by atoms with E-state index in [0.717, 1.165) is 11.3 Å². The summed E-state index contributed by atoms with van der Waals surface area (Å²) in [6.07, 6.45) is 0.690. The SMILES string of the molecule is COc1ccc(-c2cc(=O)n(CCNC(=O)C(C)Oc3ccc(F)cc3)cn2)cc1. The number of hydrogen-bond acceptors (Lipinski definition) is 5. The average Bonchev–Trinajstić information content (AvgIpc) is 2.76. The Morgan fingerprint density at radius 2 is 1.80 bits per heavy atom. The van der Waals surface area contributed by atoms with Crippen molar-refractivity contribution >= 4 is 5.91 Å². The zero-order valence-electron chi connectivity index (χ0n) is 16.7. The standard InChI is InChI=1S/C22H22FN3O4/c1-15(30-19-9-5-17(23)6-10-19)22(28)24-11-12-26-14-25-20(13-21(26)27)16-3-7-18(29-2)8-4-16/h3-10,13-15H,11-12H2,1-2H3,(H,24,28). The number of nitrogens with zero attached hydrogens (tertiary/aromatic N) is 2. The number of methoxy groups -OCH3 is 1. The molecule has 0 saturated carbocycles. The number of benzene rings is 2. The van der Waals surface area contributed by atoms with E-state index in [4.69, 9.17) is 9.47 Å². The average molecular weight is 411 g/mol. The molecule has 0 fully saturated rings. The van der Waals surface area contributed by atoms with E-state index in [1.807, 2.05) is 12.1 Å². The number of halogens is 1. The van der Waals surface area contributed by atoms with Crippen molar-refractivity contribution in [1.29, 1.82) is 0 Å².